The zero-order valence-electron chi connectivity index (χ0n) is 17.0. The number of piperazine rings is 1. The lowest BCUT2D eigenvalue weighted by Crippen LogP contribution is -2.44. The number of hydrogen-bond acceptors (Lipinski definition) is 8. The Balaban J connectivity index is 1.68. The summed E-state index contributed by atoms with van der Waals surface area (Å²) in [6, 6.07) is 5.45. The number of aryl methyl sites for hydroxylation is 1. The molecule has 2 N–H and O–H groups in total. The molecule has 0 bridgehead atoms. The van der Waals surface area contributed by atoms with Gasteiger partial charge in [-0.3, -0.25) is 4.68 Å². The van der Waals surface area contributed by atoms with Crippen molar-refractivity contribution < 1.29 is 17.9 Å². The first kappa shape index (κ1) is 21.2. The Hall–Kier alpha value is -2.99. The van der Waals surface area contributed by atoms with Crippen molar-refractivity contribution in [3.63, 3.8) is 0 Å². The van der Waals surface area contributed by atoms with Crippen LogP contribution in [0.3, 0.4) is 0 Å². The molecule has 0 radical (unpaired) electrons. The summed E-state index contributed by atoms with van der Waals surface area (Å²) in [6.45, 7) is 3.71. The van der Waals surface area contributed by atoms with Gasteiger partial charge in [0.05, 0.1) is 18.8 Å². The predicted molar refractivity (Wildman–Crippen MR) is 110 cm³/mol. The first-order valence-electron chi connectivity index (χ1n) is 9.94. The minimum atomic E-state index is -4.37. The van der Waals surface area contributed by atoms with Crippen LogP contribution < -0.4 is 15.5 Å². The summed E-state index contributed by atoms with van der Waals surface area (Å²) in [6.07, 6.45) is -2.71. The van der Waals surface area contributed by atoms with E-state index in [2.05, 4.69) is 25.6 Å². The maximum Gasteiger partial charge on any atom is 0.411 e. The molecule has 0 aromatic carbocycles. The van der Waals surface area contributed by atoms with Crippen LogP contribution in [0.5, 0.6) is 0 Å². The molecule has 0 saturated carbocycles. The number of pyridine rings is 1. The molecule has 166 valence electrons. The van der Waals surface area contributed by atoms with Crippen LogP contribution in [0.4, 0.5) is 30.8 Å². The molecular weight excluding hydrogens is 413 g/mol. The molecule has 1 saturated heterocycles. The van der Waals surface area contributed by atoms with E-state index in [1.54, 1.807) is 23.0 Å². The van der Waals surface area contributed by atoms with E-state index < -0.39 is 12.8 Å². The number of rotatable bonds is 7. The van der Waals surface area contributed by atoms with Gasteiger partial charge in [0.25, 0.3) is 0 Å². The number of anilines is 3. The van der Waals surface area contributed by atoms with Gasteiger partial charge < -0.3 is 20.3 Å². The first-order chi connectivity index (χ1) is 14.9. The highest BCUT2D eigenvalue weighted by Crippen LogP contribution is 2.28. The highest BCUT2D eigenvalue weighted by atomic mass is 19.4. The van der Waals surface area contributed by atoms with Gasteiger partial charge >= 0.3 is 6.18 Å². The maximum absolute atomic E-state index is 12.4. The van der Waals surface area contributed by atoms with Crippen LogP contribution in [0.2, 0.25) is 0 Å². The molecular formula is C19H23F3N8O. The second-order valence-corrected chi connectivity index (χ2v) is 7.12. The second-order valence-electron chi connectivity index (χ2n) is 7.12. The van der Waals surface area contributed by atoms with Gasteiger partial charge in [-0.1, -0.05) is 6.07 Å². The lowest BCUT2D eigenvalue weighted by molar-refractivity contribution is -0.174. The van der Waals surface area contributed by atoms with Crippen molar-refractivity contribution in [2.24, 2.45) is 0 Å². The molecule has 0 atom stereocenters. The molecule has 0 amide bonds. The lowest BCUT2D eigenvalue weighted by Gasteiger charge is -2.27. The molecule has 0 spiro atoms. The molecule has 4 rings (SSSR count). The number of halogens is 3. The van der Waals surface area contributed by atoms with Gasteiger partial charge in [0.1, 0.15) is 23.5 Å². The number of fused-ring (bicyclic) bond motifs is 1. The highest BCUT2D eigenvalue weighted by molar-refractivity contribution is 5.90. The average molecular weight is 436 g/mol. The van der Waals surface area contributed by atoms with Crippen molar-refractivity contribution >= 4 is 28.6 Å². The maximum atomic E-state index is 12.4. The zero-order valence-corrected chi connectivity index (χ0v) is 17.0. The summed E-state index contributed by atoms with van der Waals surface area (Å²) < 4.78 is 43.5. The SMILES string of the molecule is Cc1nn(CCOCC(F)(F)F)c2c(Nc3ccccn3)nc(N3CCNCC3)nc12. The fourth-order valence-corrected chi connectivity index (χ4v) is 3.37. The standard InChI is InChI=1S/C19H23F3N8O/c1-13-15-16(30(28-13)10-11-31-12-19(20,21)22)17(25-14-4-2-3-5-24-14)27-18(26-15)29-8-6-23-7-9-29/h2-5,23H,6-12H2,1H3,(H,24,25,26,27). The van der Waals surface area contributed by atoms with Gasteiger partial charge in [-0.05, 0) is 19.1 Å². The van der Waals surface area contributed by atoms with Crippen molar-refractivity contribution in [2.45, 2.75) is 19.6 Å². The van der Waals surface area contributed by atoms with E-state index >= 15 is 0 Å². The molecule has 12 heteroatoms. The molecule has 1 aliphatic rings. The average Bonchev–Trinajstić information content (AvgIpc) is 3.08. The monoisotopic (exact) mass is 436 g/mol. The second kappa shape index (κ2) is 9.02. The van der Waals surface area contributed by atoms with E-state index in [1.807, 2.05) is 13.0 Å². The van der Waals surface area contributed by atoms with Gasteiger partial charge in [0.15, 0.2) is 5.82 Å². The Morgan fingerprint density at radius 3 is 2.71 bits per heavy atom. The summed E-state index contributed by atoms with van der Waals surface area (Å²) in [5.41, 5.74) is 1.89. The van der Waals surface area contributed by atoms with E-state index in [9.17, 15) is 13.2 Å². The van der Waals surface area contributed by atoms with Crippen molar-refractivity contribution in [3.8, 4) is 0 Å². The Kier molecular flexibility index (Phi) is 6.18. The van der Waals surface area contributed by atoms with Crippen molar-refractivity contribution in [1.82, 2.24) is 30.0 Å². The van der Waals surface area contributed by atoms with Gasteiger partial charge in [-0.15, -0.1) is 0 Å². The number of aromatic nitrogens is 5. The van der Waals surface area contributed by atoms with Crippen LogP contribution in [-0.2, 0) is 11.3 Å². The molecule has 31 heavy (non-hydrogen) atoms. The predicted octanol–water partition coefficient (Wildman–Crippen LogP) is 2.26. The third-order valence-corrected chi connectivity index (χ3v) is 4.77. The molecule has 3 aromatic heterocycles. The zero-order chi connectivity index (χ0) is 21.8. The Morgan fingerprint density at radius 1 is 1.19 bits per heavy atom. The third-order valence-electron chi connectivity index (χ3n) is 4.77. The van der Waals surface area contributed by atoms with Crippen LogP contribution in [0.15, 0.2) is 24.4 Å². The number of nitrogens with one attached hydrogen (secondary N) is 2. The minimum absolute atomic E-state index is 0.133. The fourth-order valence-electron chi connectivity index (χ4n) is 3.37. The van der Waals surface area contributed by atoms with E-state index in [4.69, 9.17) is 14.7 Å². The lowest BCUT2D eigenvalue weighted by atomic mass is 10.3. The summed E-state index contributed by atoms with van der Waals surface area (Å²) in [5.74, 6) is 1.66. The smallest absolute Gasteiger partial charge is 0.370 e. The topological polar surface area (TPSA) is 93.0 Å². The van der Waals surface area contributed by atoms with Crippen molar-refractivity contribution in [3.05, 3.63) is 30.1 Å². The summed E-state index contributed by atoms with van der Waals surface area (Å²) in [7, 11) is 0. The quantitative estimate of drug-likeness (QED) is 0.545. The molecule has 4 heterocycles. The molecule has 0 unspecified atom stereocenters. The van der Waals surface area contributed by atoms with Gasteiger partial charge in [-0.2, -0.15) is 23.3 Å². The van der Waals surface area contributed by atoms with Crippen LogP contribution in [0.25, 0.3) is 11.0 Å². The summed E-state index contributed by atoms with van der Waals surface area (Å²) in [4.78, 5) is 15.8. The van der Waals surface area contributed by atoms with Gasteiger partial charge in [0, 0.05) is 32.4 Å². The van der Waals surface area contributed by atoms with E-state index in [0.29, 0.717) is 34.3 Å². The number of alkyl halides is 3. The molecule has 9 nitrogen and oxygen atoms in total. The minimum Gasteiger partial charge on any atom is -0.370 e. The number of ether oxygens (including phenoxy) is 1. The normalized spacial score (nSPS) is 14.9. The highest BCUT2D eigenvalue weighted by Gasteiger charge is 2.27. The molecule has 1 fully saturated rings. The van der Waals surface area contributed by atoms with Crippen molar-refractivity contribution in [2.75, 3.05) is 49.6 Å². The Morgan fingerprint density at radius 2 is 2.00 bits per heavy atom. The fraction of sp³-hybridized carbons (Fsp3) is 0.474. The van der Waals surface area contributed by atoms with Crippen LogP contribution in [0, 0.1) is 6.92 Å². The van der Waals surface area contributed by atoms with E-state index in [-0.39, 0.29) is 13.2 Å². The number of nitrogens with zero attached hydrogens (tertiary/aromatic N) is 6. The summed E-state index contributed by atoms with van der Waals surface area (Å²) >= 11 is 0. The molecule has 3 aromatic rings. The molecule has 1 aliphatic heterocycles. The Bertz CT molecular complexity index is 1020. The number of hydrogen-bond donors (Lipinski definition) is 2. The molecule has 0 aliphatic carbocycles. The van der Waals surface area contributed by atoms with Gasteiger partial charge in [0.2, 0.25) is 5.95 Å². The summed E-state index contributed by atoms with van der Waals surface area (Å²) in [5, 5.41) is 11.0. The first-order valence-corrected chi connectivity index (χ1v) is 9.94. The van der Waals surface area contributed by atoms with Crippen LogP contribution in [0.1, 0.15) is 5.69 Å². The van der Waals surface area contributed by atoms with E-state index in [0.717, 1.165) is 26.2 Å². The third kappa shape index (κ3) is 5.20. The van der Waals surface area contributed by atoms with Crippen LogP contribution >= 0.6 is 0 Å². The van der Waals surface area contributed by atoms with Crippen molar-refractivity contribution in [1.29, 1.82) is 0 Å². The largest absolute Gasteiger partial charge is 0.411 e. The van der Waals surface area contributed by atoms with Gasteiger partial charge in [-0.25, -0.2) is 9.97 Å². The van der Waals surface area contributed by atoms with E-state index in [1.165, 1.54) is 0 Å². The van der Waals surface area contributed by atoms with Crippen LogP contribution in [-0.4, -0.2) is 70.3 Å². The Labute approximate surface area is 176 Å².